The van der Waals surface area contributed by atoms with Crippen LogP contribution in [-0.4, -0.2) is 24.5 Å². The summed E-state index contributed by atoms with van der Waals surface area (Å²) in [5.41, 5.74) is 1.23. The number of anilines is 1. The van der Waals surface area contributed by atoms with Crippen LogP contribution >= 0.6 is 0 Å². The van der Waals surface area contributed by atoms with Gasteiger partial charge in [-0.2, -0.15) is 5.26 Å². The fourth-order valence-corrected chi connectivity index (χ4v) is 3.23. The Kier molecular flexibility index (Phi) is 5.55. The van der Waals surface area contributed by atoms with Crippen LogP contribution < -0.4 is 15.0 Å². The van der Waals surface area contributed by atoms with Gasteiger partial charge in [-0.15, -0.1) is 0 Å². The van der Waals surface area contributed by atoms with Crippen LogP contribution in [-0.2, 0) is 9.59 Å². The van der Waals surface area contributed by atoms with Crippen LogP contribution in [0.1, 0.15) is 18.2 Å². The Morgan fingerprint density at radius 3 is 2.53 bits per heavy atom. The molecule has 1 aromatic heterocycles. The molecule has 0 unspecified atom stereocenters. The quantitative estimate of drug-likeness (QED) is 0.488. The van der Waals surface area contributed by atoms with Crippen molar-refractivity contribution in [3.8, 4) is 23.1 Å². The summed E-state index contributed by atoms with van der Waals surface area (Å²) >= 11 is 0. The van der Waals surface area contributed by atoms with Gasteiger partial charge in [-0.05, 0) is 61.5 Å². The van der Waals surface area contributed by atoms with Crippen molar-refractivity contribution in [2.75, 3.05) is 11.5 Å². The number of nitrogens with one attached hydrogen (secondary N) is 1. The molecule has 8 nitrogen and oxygen atoms in total. The molecular weight excluding hydrogens is 410 g/mol. The van der Waals surface area contributed by atoms with E-state index in [9.17, 15) is 14.4 Å². The minimum absolute atomic E-state index is 0.230. The van der Waals surface area contributed by atoms with Crippen molar-refractivity contribution in [3.63, 3.8) is 0 Å². The molecular formula is C24H17N3O5. The third-order valence-corrected chi connectivity index (χ3v) is 4.72. The number of amides is 4. The number of benzene rings is 2. The molecule has 0 radical (unpaired) electrons. The highest BCUT2D eigenvalue weighted by Crippen LogP contribution is 2.31. The van der Waals surface area contributed by atoms with Gasteiger partial charge >= 0.3 is 6.03 Å². The number of nitriles is 1. The molecule has 2 aromatic carbocycles. The van der Waals surface area contributed by atoms with Gasteiger partial charge < -0.3 is 9.15 Å². The Hall–Kier alpha value is -4.64. The third kappa shape index (κ3) is 3.87. The van der Waals surface area contributed by atoms with Gasteiger partial charge in [-0.1, -0.05) is 12.1 Å². The summed E-state index contributed by atoms with van der Waals surface area (Å²) in [7, 11) is 0. The van der Waals surface area contributed by atoms with Gasteiger partial charge in [0.25, 0.3) is 11.8 Å². The molecule has 1 saturated heterocycles. The monoisotopic (exact) mass is 427 g/mol. The lowest BCUT2D eigenvalue weighted by molar-refractivity contribution is -0.122. The predicted molar refractivity (Wildman–Crippen MR) is 115 cm³/mol. The maximum absolute atomic E-state index is 13.1. The maximum atomic E-state index is 13.1. The molecule has 1 aliphatic rings. The second-order valence-electron chi connectivity index (χ2n) is 6.75. The highest BCUT2D eigenvalue weighted by atomic mass is 16.5. The first-order chi connectivity index (χ1) is 15.5. The largest absolute Gasteiger partial charge is 0.492 e. The normalized spacial score (nSPS) is 14.9. The molecule has 1 aliphatic heterocycles. The van der Waals surface area contributed by atoms with Crippen LogP contribution in [0.15, 0.2) is 70.7 Å². The minimum Gasteiger partial charge on any atom is -0.492 e. The number of hydrogen-bond acceptors (Lipinski definition) is 6. The lowest BCUT2D eigenvalue weighted by Gasteiger charge is -2.27. The summed E-state index contributed by atoms with van der Waals surface area (Å²) in [5.74, 6) is -0.508. The van der Waals surface area contributed by atoms with Crippen molar-refractivity contribution in [1.29, 1.82) is 5.26 Å². The average Bonchev–Trinajstić information content (AvgIpc) is 3.26. The lowest BCUT2D eigenvalue weighted by atomic mass is 10.1. The first-order valence-corrected chi connectivity index (χ1v) is 9.75. The molecule has 3 aromatic rings. The van der Waals surface area contributed by atoms with E-state index in [-0.39, 0.29) is 17.0 Å². The molecule has 0 bridgehead atoms. The Morgan fingerprint density at radius 1 is 1.06 bits per heavy atom. The number of imide groups is 2. The zero-order valence-corrected chi connectivity index (χ0v) is 17.0. The fraction of sp³-hybridized carbons (Fsp3) is 0.0833. The summed E-state index contributed by atoms with van der Waals surface area (Å²) < 4.78 is 11.3. The van der Waals surface area contributed by atoms with E-state index >= 15 is 0 Å². The van der Waals surface area contributed by atoms with E-state index in [0.717, 1.165) is 10.5 Å². The number of nitrogens with zero attached hydrogens (tertiary/aromatic N) is 2. The van der Waals surface area contributed by atoms with Crippen molar-refractivity contribution in [2.45, 2.75) is 6.92 Å². The molecule has 1 N–H and O–H groups in total. The van der Waals surface area contributed by atoms with Crippen LogP contribution in [0, 0.1) is 11.3 Å². The summed E-state index contributed by atoms with van der Waals surface area (Å²) in [6.45, 7) is 2.12. The summed E-state index contributed by atoms with van der Waals surface area (Å²) in [4.78, 5) is 38.8. The van der Waals surface area contributed by atoms with Gasteiger partial charge in [-0.3, -0.25) is 14.9 Å². The van der Waals surface area contributed by atoms with Crippen molar-refractivity contribution in [3.05, 3.63) is 77.6 Å². The topological polar surface area (TPSA) is 113 Å². The number of barbiturate groups is 1. The van der Waals surface area contributed by atoms with Crippen LogP contribution in [0.4, 0.5) is 10.5 Å². The summed E-state index contributed by atoms with van der Waals surface area (Å²) in [6, 6.07) is 17.8. The van der Waals surface area contributed by atoms with Crippen molar-refractivity contribution in [2.24, 2.45) is 0 Å². The second kappa shape index (κ2) is 8.62. The van der Waals surface area contributed by atoms with Crippen molar-refractivity contribution < 1.29 is 23.5 Å². The van der Waals surface area contributed by atoms with E-state index in [1.807, 2.05) is 6.07 Å². The fourth-order valence-electron chi connectivity index (χ4n) is 3.23. The summed E-state index contributed by atoms with van der Waals surface area (Å²) in [5, 5.41) is 11.1. The number of carbonyl (C=O) groups excluding carboxylic acids is 3. The third-order valence-electron chi connectivity index (χ3n) is 4.72. The van der Waals surface area contributed by atoms with E-state index in [1.165, 1.54) is 6.08 Å². The smallest absolute Gasteiger partial charge is 0.336 e. The highest BCUT2D eigenvalue weighted by Gasteiger charge is 2.38. The molecule has 4 rings (SSSR count). The Morgan fingerprint density at radius 2 is 1.81 bits per heavy atom. The van der Waals surface area contributed by atoms with E-state index < -0.39 is 17.8 Å². The number of rotatable bonds is 5. The first kappa shape index (κ1) is 20.6. The van der Waals surface area contributed by atoms with Crippen LogP contribution in [0.25, 0.3) is 17.4 Å². The van der Waals surface area contributed by atoms with Gasteiger partial charge in [0.05, 0.1) is 23.9 Å². The van der Waals surface area contributed by atoms with Gasteiger partial charge in [0.15, 0.2) is 0 Å². The highest BCUT2D eigenvalue weighted by molar-refractivity contribution is 6.39. The number of carbonyl (C=O) groups is 3. The molecule has 0 aliphatic carbocycles. The number of furan rings is 1. The summed E-state index contributed by atoms with van der Waals surface area (Å²) in [6.07, 6.45) is 1.29. The molecule has 0 saturated carbocycles. The molecule has 4 amide bonds. The molecule has 1 fully saturated rings. The Balaban J connectivity index is 1.67. The molecule has 0 atom stereocenters. The SMILES string of the molecule is CCOc1ccccc1N1C(=O)NC(=O)/C(=C\c2ccc(-c3ccc(C#N)cc3)o2)C1=O. The van der Waals surface area contributed by atoms with Crippen LogP contribution in [0.3, 0.4) is 0 Å². The Labute approximate surface area is 183 Å². The maximum Gasteiger partial charge on any atom is 0.336 e. The molecule has 0 spiro atoms. The van der Waals surface area contributed by atoms with E-state index in [0.29, 0.717) is 23.7 Å². The molecule has 8 heteroatoms. The standard InChI is InChI=1S/C24H17N3O5/c1-2-31-21-6-4-3-5-19(21)27-23(29)18(22(28)26-24(27)30)13-17-11-12-20(32-17)16-9-7-15(14-25)8-10-16/h3-13H,2H2,1H3,(H,26,28,30)/b18-13+. The number of ether oxygens (including phenoxy) is 1. The lowest BCUT2D eigenvalue weighted by Crippen LogP contribution is -2.54. The predicted octanol–water partition coefficient (Wildman–Crippen LogP) is 3.88. The molecule has 32 heavy (non-hydrogen) atoms. The van der Waals surface area contributed by atoms with Gasteiger partial charge in [0.2, 0.25) is 0 Å². The van der Waals surface area contributed by atoms with E-state index in [4.69, 9.17) is 14.4 Å². The number of para-hydroxylation sites is 2. The van der Waals surface area contributed by atoms with Crippen molar-refractivity contribution in [1.82, 2.24) is 5.32 Å². The number of hydrogen-bond donors (Lipinski definition) is 1. The van der Waals surface area contributed by atoms with Gasteiger partial charge in [0.1, 0.15) is 22.8 Å². The van der Waals surface area contributed by atoms with Crippen LogP contribution in [0.5, 0.6) is 5.75 Å². The van der Waals surface area contributed by atoms with Gasteiger partial charge in [-0.25, -0.2) is 9.69 Å². The van der Waals surface area contributed by atoms with Crippen molar-refractivity contribution >= 4 is 29.6 Å². The molecule has 2 heterocycles. The van der Waals surface area contributed by atoms with E-state index in [2.05, 4.69) is 5.32 Å². The van der Waals surface area contributed by atoms with Gasteiger partial charge in [0, 0.05) is 5.56 Å². The van der Waals surface area contributed by atoms with Crippen LogP contribution in [0.2, 0.25) is 0 Å². The number of urea groups is 1. The second-order valence-corrected chi connectivity index (χ2v) is 6.75. The van der Waals surface area contributed by atoms with E-state index in [1.54, 1.807) is 67.6 Å². The average molecular weight is 427 g/mol. The zero-order valence-electron chi connectivity index (χ0n) is 17.0. The molecule has 158 valence electrons. The first-order valence-electron chi connectivity index (χ1n) is 9.75. The zero-order chi connectivity index (χ0) is 22.7. The Bertz CT molecular complexity index is 1280. The minimum atomic E-state index is -0.859.